The number of esters is 1. The molecule has 1 unspecified atom stereocenters. The molecule has 1 rings (SSSR count). The minimum absolute atomic E-state index is 0.161. The van der Waals surface area contributed by atoms with Gasteiger partial charge in [-0.1, -0.05) is 43.7 Å². The Morgan fingerprint density at radius 2 is 1.90 bits per heavy atom. The Morgan fingerprint density at radius 1 is 1.24 bits per heavy atom. The van der Waals surface area contributed by atoms with Crippen LogP contribution in [0.5, 0.6) is 0 Å². The van der Waals surface area contributed by atoms with Crippen LogP contribution >= 0.6 is 0 Å². The molecule has 0 saturated heterocycles. The highest BCUT2D eigenvalue weighted by atomic mass is 32.2. The Labute approximate surface area is 126 Å². The summed E-state index contributed by atoms with van der Waals surface area (Å²) in [5.74, 6) is -0.497. The number of ether oxygens (including phenoxy) is 1. The fourth-order valence-corrected chi connectivity index (χ4v) is 3.42. The molecular formula is C16H22O4S. The molecule has 4 nitrogen and oxygen atoms in total. The van der Waals surface area contributed by atoms with Crippen LogP contribution in [0.15, 0.2) is 47.4 Å². The molecular weight excluding hydrogens is 288 g/mol. The van der Waals surface area contributed by atoms with Crippen molar-refractivity contribution in [3.8, 4) is 0 Å². The lowest BCUT2D eigenvalue weighted by atomic mass is 10.2. The van der Waals surface area contributed by atoms with Crippen molar-refractivity contribution in [2.24, 2.45) is 0 Å². The summed E-state index contributed by atoms with van der Waals surface area (Å²) in [5.41, 5.74) is 0. The fraction of sp³-hybridized carbons (Fsp3) is 0.438. The van der Waals surface area contributed by atoms with Crippen molar-refractivity contribution in [3.63, 3.8) is 0 Å². The van der Waals surface area contributed by atoms with Gasteiger partial charge in [-0.2, -0.15) is 0 Å². The molecule has 0 bridgehead atoms. The summed E-state index contributed by atoms with van der Waals surface area (Å²) in [6, 6.07) is 8.18. The Kier molecular flexibility index (Phi) is 7.15. The molecule has 0 saturated carbocycles. The summed E-state index contributed by atoms with van der Waals surface area (Å²) in [6.45, 7) is 3.96. The number of carbonyl (C=O) groups excluding carboxylic acids is 1. The summed E-state index contributed by atoms with van der Waals surface area (Å²) in [5, 5.41) is -0.884. The topological polar surface area (TPSA) is 60.4 Å². The molecule has 0 aliphatic heterocycles. The van der Waals surface area contributed by atoms with Gasteiger partial charge < -0.3 is 4.74 Å². The maximum Gasteiger partial charge on any atom is 0.307 e. The second-order valence-electron chi connectivity index (χ2n) is 4.62. The molecule has 0 heterocycles. The molecule has 1 atom stereocenters. The molecule has 0 aliphatic carbocycles. The van der Waals surface area contributed by atoms with E-state index in [-0.39, 0.29) is 17.9 Å². The van der Waals surface area contributed by atoms with Crippen LogP contribution in [0, 0.1) is 0 Å². The Balaban J connectivity index is 3.02. The smallest absolute Gasteiger partial charge is 0.307 e. The van der Waals surface area contributed by atoms with E-state index in [0.717, 1.165) is 12.8 Å². The van der Waals surface area contributed by atoms with E-state index in [2.05, 4.69) is 0 Å². The highest BCUT2D eigenvalue weighted by molar-refractivity contribution is 7.92. The van der Waals surface area contributed by atoms with Crippen molar-refractivity contribution in [1.82, 2.24) is 0 Å². The summed E-state index contributed by atoms with van der Waals surface area (Å²) in [4.78, 5) is 11.9. The molecule has 5 heteroatoms. The van der Waals surface area contributed by atoms with Crippen molar-refractivity contribution in [3.05, 3.63) is 42.5 Å². The van der Waals surface area contributed by atoms with Gasteiger partial charge in [-0.3, -0.25) is 4.79 Å². The largest absolute Gasteiger partial charge is 0.466 e. The van der Waals surface area contributed by atoms with E-state index in [1.54, 1.807) is 43.3 Å². The number of allylic oxidation sites excluding steroid dienone is 1. The van der Waals surface area contributed by atoms with Crippen LogP contribution in [0.25, 0.3) is 0 Å². The van der Waals surface area contributed by atoms with E-state index in [9.17, 15) is 13.2 Å². The minimum atomic E-state index is -3.58. The maximum absolute atomic E-state index is 12.6. The molecule has 1 aromatic carbocycles. The van der Waals surface area contributed by atoms with Crippen LogP contribution in [0.4, 0.5) is 0 Å². The van der Waals surface area contributed by atoms with Gasteiger partial charge in [0.1, 0.15) is 0 Å². The number of sulfone groups is 1. The van der Waals surface area contributed by atoms with Gasteiger partial charge in [0.2, 0.25) is 0 Å². The van der Waals surface area contributed by atoms with Crippen LogP contribution < -0.4 is 0 Å². The van der Waals surface area contributed by atoms with Crippen molar-refractivity contribution in [2.45, 2.75) is 43.3 Å². The fourth-order valence-electron chi connectivity index (χ4n) is 1.87. The molecule has 0 aliphatic rings. The molecule has 0 spiro atoms. The van der Waals surface area contributed by atoms with Crippen LogP contribution in [-0.4, -0.2) is 26.2 Å². The second kappa shape index (κ2) is 8.62. The lowest BCUT2D eigenvalue weighted by molar-refractivity contribution is -0.142. The normalized spacial score (nSPS) is 13.2. The number of benzene rings is 1. The maximum atomic E-state index is 12.6. The van der Waals surface area contributed by atoms with E-state index in [0.29, 0.717) is 0 Å². The van der Waals surface area contributed by atoms with Gasteiger partial charge in [-0.25, -0.2) is 8.42 Å². The van der Waals surface area contributed by atoms with Crippen molar-refractivity contribution in [1.29, 1.82) is 0 Å². The van der Waals surface area contributed by atoms with E-state index in [4.69, 9.17) is 4.74 Å². The zero-order valence-electron chi connectivity index (χ0n) is 12.5. The first-order valence-corrected chi connectivity index (χ1v) is 8.68. The number of hydrogen-bond acceptors (Lipinski definition) is 4. The van der Waals surface area contributed by atoms with E-state index in [1.165, 1.54) is 0 Å². The number of unbranched alkanes of at least 4 members (excludes halogenated alkanes) is 1. The lowest BCUT2D eigenvalue weighted by Crippen LogP contribution is -2.24. The first-order valence-electron chi connectivity index (χ1n) is 7.13. The van der Waals surface area contributed by atoms with E-state index < -0.39 is 21.1 Å². The summed E-state index contributed by atoms with van der Waals surface area (Å²) in [6.07, 6.45) is 4.95. The van der Waals surface area contributed by atoms with Crippen molar-refractivity contribution >= 4 is 15.8 Å². The van der Waals surface area contributed by atoms with Gasteiger partial charge >= 0.3 is 5.97 Å². The Hall–Kier alpha value is -1.62. The highest BCUT2D eigenvalue weighted by Gasteiger charge is 2.27. The molecule has 1 aromatic rings. The zero-order chi connectivity index (χ0) is 15.7. The molecule has 0 amide bonds. The third-order valence-electron chi connectivity index (χ3n) is 2.95. The predicted octanol–water partition coefficient (Wildman–Crippen LogP) is 3.14. The average Bonchev–Trinajstić information content (AvgIpc) is 2.47. The second-order valence-corrected chi connectivity index (χ2v) is 6.79. The molecule has 0 radical (unpaired) electrons. The van der Waals surface area contributed by atoms with Gasteiger partial charge in [0.05, 0.1) is 23.2 Å². The SMILES string of the molecule is CCC/C=C/C(CC(=O)OCC)S(=O)(=O)c1ccccc1. The first-order chi connectivity index (χ1) is 10.0. The number of carbonyl (C=O) groups is 1. The highest BCUT2D eigenvalue weighted by Crippen LogP contribution is 2.20. The van der Waals surface area contributed by atoms with Gasteiger partial charge in [-0.15, -0.1) is 0 Å². The van der Waals surface area contributed by atoms with Crippen LogP contribution in [0.3, 0.4) is 0 Å². The zero-order valence-corrected chi connectivity index (χ0v) is 13.3. The lowest BCUT2D eigenvalue weighted by Gasteiger charge is -2.13. The van der Waals surface area contributed by atoms with Crippen LogP contribution in [0.2, 0.25) is 0 Å². The third-order valence-corrected chi connectivity index (χ3v) is 5.00. The quantitative estimate of drug-likeness (QED) is 0.547. The number of rotatable bonds is 8. The Bertz CT molecular complexity index is 561. The van der Waals surface area contributed by atoms with Gasteiger partial charge in [0.15, 0.2) is 9.84 Å². The summed E-state index contributed by atoms with van der Waals surface area (Å²) < 4.78 is 30.1. The van der Waals surface area contributed by atoms with Crippen LogP contribution in [-0.2, 0) is 19.4 Å². The molecule has 21 heavy (non-hydrogen) atoms. The average molecular weight is 310 g/mol. The number of hydrogen-bond donors (Lipinski definition) is 0. The predicted molar refractivity (Wildman–Crippen MR) is 82.7 cm³/mol. The summed E-state index contributed by atoms with van der Waals surface area (Å²) >= 11 is 0. The molecule has 0 N–H and O–H groups in total. The molecule has 0 fully saturated rings. The standard InChI is InChI=1S/C16H22O4S/c1-3-5-7-12-15(13-16(17)20-4-2)21(18,19)14-10-8-6-9-11-14/h6-12,15H,3-5,13H2,1-2H3/b12-7+. The monoisotopic (exact) mass is 310 g/mol. The van der Waals surface area contributed by atoms with Crippen LogP contribution in [0.1, 0.15) is 33.1 Å². The molecule has 0 aromatic heterocycles. The van der Waals surface area contributed by atoms with Gasteiger partial charge in [-0.05, 0) is 25.5 Å². The molecule has 116 valence electrons. The third kappa shape index (κ3) is 5.34. The first kappa shape index (κ1) is 17.4. The van der Waals surface area contributed by atoms with Crippen molar-refractivity contribution < 1.29 is 17.9 Å². The van der Waals surface area contributed by atoms with Gasteiger partial charge in [0.25, 0.3) is 0 Å². The van der Waals surface area contributed by atoms with E-state index in [1.807, 2.05) is 13.0 Å². The van der Waals surface area contributed by atoms with E-state index >= 15 is 0 Å². The van der Waals surface area contributed by atoms with Crippen molar-refractivity contribution in [2.75, 3.05) is 6.61 Å². The summed E-state index contributed by atoms with van der Waals surface area (Å²) in [7, 11) is -3.58. The minimum Gasteiger partial charge on any atom is -0.466 e. The Morgan fingerprint density at radius 3 is 2.48 bits per heavy atom. The van der Waals surface area contributed by atoms with Gasteiger partial charge in [0, 0.05) is 0 Å².